The number of carbonyl (C=O) groups is 1. The van der Waals surface area contributed by atoms with E-state index in [1.165, 1.54) is 0 Å². The summed E-state index contributed by atoms with van der Waals surface area (Å²) in [5, 5.41) is 12.9. The average molecular weight is 243 g/mol. The lowest BCUT2D eigenvalue weighted by molar-refractivity contribution is -0.195. The van der Waals surface area contributed by atoms with Crippen LogP contribution in [0, 0.1) is 5.92 Å². The number of ether oxygens (including phenoxy) is 1. The Balaban J connectivity index is 2.60. The molecular formula is C13H25NO3. The molecule has 4 nitrogen and oxygen atoms in total. The molecule has 3 atom stereocenters. The topological polar surface area (TPSA) is 58.6 Å². The summed E-state index contributed by atoms with van der Waals surface area (Å²) in [5.74, 6) is -0.0468. The molecule has 3 unspecified atom stereocenters. The van der Waals surface area contributed by atoms with Gasteiger partial charge in [0.2, 0.25) is 6.41 Å². The van der Waals surface area contributed by atoms with Crippen LogP contribution >= 0.6 is 0 Å². The Kier molecular flexibility index (Phi) is 4.69. The number of nitrogens with one attached hydrogen (secondary N) is 1. The van der Waals surface area contributed by atoms with Gasteiger partial charge in [-0.15, -0.1) is 0 Å². The van der Waals surface area contributed by atoms with Crippen molar-refractivity contribution in [1.82, 2.24) is 5.32 Å². The van der Waals surface area contributed by atoms with Crippen LogP contribution < -0.4 is 5.32 Å². The molecule has 2 N–H and O–H groups in total. The van der Waals surface area contributed by atoms with Crippen LogP contribution in [0.3, 0.4) is 0 Å². The van der Waals surface area contributed by atoms with E-state index in [0.717, 1.165) is 32.0 Å². The van der Waals surface area contributed by atoms with Gasteiger partial charge in [0.15, 0.2) is 0 Å². The first-order valence-electron chi connectivity index (χ1n) is 6.36. The second-order valence-corrected chi connectivity index (χ2v) is 6.13. The van der Waals surface area contributed by atoms with Crippen LogP contribution in [0.25, 0.3) is 0 Å². The van der Waals surface area contributed by atoms with Gasteiger partial charge in [-0.25, -0.2) is 0 Å². The van der Waals surface area contributed by atoms with Gasteiger partial charge < -0.3 is 14.6 Å². The van der Waals surface area contributed by atoms with E-state index >= 15 is 0 Å². The average Bonchev–Trinajstić information content (AvgIpc) is 2.14. The Labute approximate surface area is 104 Å². The molecule has 1 fully saturated rings. The number of carbonyl (C=O) groups excluding carboxylic acids is 1. The Morgan fingerprint density at radius 1 is 1.47 bits per heavy atom. The van der Waals surface area contributed by atoms with E-state index in [1.54, 1.807) is 0 Å². The molecule has 0 radical (unpaired) electrons. The Hall–Kier alpha value is -0.450. The van der Waals surface area contributed by atoms with Gasteiger partial charge in [0.05, 0.1) is 5.60 Å². The predicted octanol–water partition coefficient (Wildman–Crippen LogP) is 1.81. The number of aliphatic hydroxyl groups is 1. The van der Waals surface area contributed by atoms with Crippen molar-refractivity contribution in [2.75, 3.05) is 0 Å². The van der Waals surface area contributed by atoms with Crippen molar-refractivity contribution in [3.63, 3.8) is 0 Å². The minimum atomic E-state index is -1.03. The van der Waals surface area contributed by atoms with E-state index in [9.17, 15) is 9.90 Å². The van der Waals surface area contributed by atoms with Crippen molar-refractivity contribution in [1.29, 1.82) is 0 Å². The number of hydrogen-bond acceptors (Lipinski definition) is 4. The molecular weight excluding hydrogens is 218 g/mol. The van der Waals surface area contributed by atoms with Crippen molar-refractivity contribution in [2.24, 2.45) is 5.92 Å². The lowest BCUT2D eigenvalue weighted by atomic mass is 9.75. The van der Waals surface area contributed by atoms with Gasteiger partial charge in [0, 0.05) is 11.5 Å². The molecule has 1 aliphatic carbocycles. The summed E-state index contributed by atoms with van der Waals surface area (Å²) in [6, 6.07) is 0. The standard InChI is InChI=1S/C13H25NO3/c1-12(2,3)17-11(16)14-13(4)8-6-5-7-10(13)9-15/h9-11,14,16H,5-8H2,1-4H3. The van der Waals surface area contributed by atoms with Gasteiger partial charge in [-0.2, -0.15) is 0 Å². The first kappa shape index (κ1) is 14.6. The minimum Gasteiger partial charge on any atom is -0.356 e. The SMILES string of the molecule is CC(C)(C)OC(O)NC1(C)CCCCC1C=O. The highest BCUT2D eigenvalue weighted by atomic mass is 16.6. The normalized spacial score (nSPS) is 32.2. The molecule has 0 amide bonds. The zero-order valence-electron chi connectivity index (χ0n) is 11.3. The maximum Gasteiger partial charge on any atom is 0.214 e. The molecule has 0 aromatic carbocycles. The van der Waals surface area contributed by atoms with Crippen molar-refractivity contribution >= 4 is 6.29 Å². The maximum absolute atomic E-state index is 11.1. The maximum atomic E-state index is 11.1. The Morgan fingerprint density at radius 3 is 2.65 bits per heavy atom. The zero-order chi connectivity index (χ0) is 13.1. The highest BCUT2D eigenvalue weighted by Crippen LogP contribution is 2.32. The molecule has 100 valence electrons. The van der Waals surface area contributed by atoms with E-state index in [-0.39, 0.29) is 11.5 Å². The third-order valence-corrected chi connectivity index (χ3v) is 3.36. The molecule has 0 spiro atoms. The minimum absolute atomic E-state index is 0.0468. The molecule has 0 bridgehead atoms. The third-order valence-electron chi connectivity index (χ3n) is 3.36. The summed E-state index contributed by atoms with van der Waals surface area (Å²) in [6.45, 7) is 7.65. The van der Waals surface area contributed by atoms with Gasteiger partial charge in [-0.05, 0) is 40.5 Å². The van der Waals surface area contributed by atoms with E-state index < -0.39 is 12.0 Å². The molecule has 0 aromatic heterocycles. The highest BCUT2D eigenvalue weighted by molar-refractivity contribution is 5.56. The monoisotopic (exact) mass is 243 g/mol. The van der Waals surface area contributed by atoms with Gasteiger partial charge >= 0.3 is 0 Å². The molecule has 1 rings (SSSR count). The summed E-state index contributed by atoms with van der Waals surface area (Å²) in [5.41, 5.74) is -0.765. The van der Waals surface area contributed by atoms with Gasteiger partial charge in [-0.1, -0.05) is 12.8 Å². The Bertz CT molecular complexity index is 262. The van der Waals surface area contributed by atoms with Crippen LogP contribution in [-0.4, -0.2) is 28.9 Å². The zero-order valence-corrected chi connectivity index (χ0v) is 11.3. The van der Waals surface area contributed by atoms with E-state index in [0.29, 0.717) is 0 Å². The van der Waals surface area contributed by atoms with E-state index in [1.807, 2.05) is 27.7 Å². The molecule has 1 aliphatic rings. The fourth-order valence-corrected chi connectivity index (χ4v) is 2.40. The lowest BCUT2D eigenvalue weighted by Gasteiger charge is -2.41. The fourth-order valence-electron chi connectivity index (χ4n) is 2.40. The quantitative estimate of drug-likeness (QED) is 0.584. The largest absolute Gasteiger partial charge is 0.356 e. The molecule has 4 heteroatoms. The van der Waals surface area contributed by atoms with Crippen molar-refractivity contribution in [3.05, 3.63) is 0 Å². The summed E-state index contributed by atoms with van der Waals surface area (Å²) in [7, 11) is 0. The predicted molar refractivity (Wildman–Crippen MR) is 66.4 cm³/mol. The second-order valence-electron chi connectivity index (χ2n) is 6.13. The molecule has 0 aliphatic heterocycles. The fraction of sp³-hybridized carbons (Fsp3) is 0.923. The second kappa shape index (κ2) is 5.46. The van der Waals surface area contributed by atoms with E-state index in [4.69, 9.17) is 4.74 Å². The summed E-state index contributed by atoms with van der Waals surface area (Å²) in [6.07, 6.45) is 3.90. The number of hydrogen-bond donors (Lipinski definition) is 2. The number of aldehydes is 1. The van der Waals surface area contributed by atoms with Crippen molar-refractivity contribution in [2.45, 2.75) is 70.9 Å². The van der Waals surface area contributed by atoms with Gasteiger partial charge in [0.25, 0.3) is 0 Å². The number of rotatable bonds is 4. The van der Waals surface area contributed by atoms with E-state index in [2.05, 4.69) is 5.32 Å². The lowest BCUT2D eigenvalue weighted by Crippen LogP contribution is -2.56. The number of aliphatic hydroxyl groups excluding tert-OH is 1. The van der Waals surface area contributed by atoms with Crippen LogP contribution in [0.15, 0.2) is 0 Å². The van der Waals surface area contributed by atoms with Gasteiger partial charge in [0.1, 0.15) is 6.29 Å². The molecule has 0 aromatic rings. The van der Waals surface area contributed by atoms with Crippen molar-refractivity contribution in [3.8, 4) is 0 Å². The first-order valence-corrected chi connectivity index (χ1v) is 6.36. The third kappa shape index (κ3) is 4.37. The van der Waals surface area contributed by atoms with Crippen molar-refractivity contribution < 1.29 is 14.6 Å². The summed E-state index contributed by atoms with van der Waals surface area (Å²) < 4.78 is 5.43. The van der Waals surface area contributed by atoms with Crippen LogP contribution in [0.5, 0.6) is 0 Å². The molecule has 0 heterocycles. The molecule has 17 heavy (non-hydrogen) atoms. The van der Waals surface area contributed by atoms with Crippen LogP contribution in [-0.2, 0) is 9.53 Å². The smallest absolute Gasteiger partial charge is 0.214 e. The highest BCUT2D eigenvalue weighted by Gasteiger charge is 2.38. The Morgan fingerprint density at radius 2 is 2.12 bits per heavy atom. The first-order chi connectivity index (χ1) is 7.77. The molecule has 1 saturated carbocycles. The van der Waals surface area contributed by atoms with Crippen LogP contribution in [0.2, 0.25) is 0 Å². The van der Waals surface area contributed by atoms with Crippen LogP contribution in [0.4, 0.5) is 0 Å². The summed E-state index contributed by atoms with van der Waals surface area (Å²) >= 11 is 0. The van der Waals surface area contributed by atoms with Crippen LogP contribution in [0.1, 0.15) is 53.4 Å². The summed E-state index contributed by atoms with van der Waals surface area (Å²) in [4.78, 5) is 11.1. The van der Waals surface area contributed by atoms with Gasteiger partial charge in [-0.3, -0.25) is 5.32 Å². The molecule has 0 saturated heterocycles.